The van der Waals surface area contributed by atoms with Gasteiger partial charge in [0.1, 0.15) is 11.6 Å². The third kappa shape index (κ3) is 5.65. The van der Waals surface area contributed by atoms with Gasteiger partial charge in [0.15, 0.2) is 0 Å². The minimum absolute atomic E-state index is 0.0718. The van der Waals surface area contributed by atoms with Gasteiger partial charge in [0, 0.05) is 56.0 Å². The molecule has 2 atom stereocenters. The van der Waals surface area contributed by atoms with E-state index in [2.05, 4.69) is 0 Å². The number of rotatable bonds is 5. The van der Waals surface area contributed by atoms with E-state index in [0.29, 0.717) is 44.0 Å². The van der Waals surface area contributed by atoms with E-state index in [-0.39, 0.29) is 41.4 Å². The van der Waals surface area contributed by atoms with Gasteiger partial charge in [0.25, 0.3) is 0 Å². The Labute approximate surface area is 227 Å². The van der Waals surface area contributed by atoms with Crippen molar-refractivity contribution < 1.29 is 23.5 Å². The molecule has 0 bridgehead atoms. The summed E-state index contributed by atoms with van der Waals surface area (Å²) in [6.07, 6.45) is 3.84. The first-order valence-electron chi connectivity index (χ1n) is 13.3. The lowest BCUT2D eigenvalue weighted by Crippen LogP contribution is -2.47. The van der Waals surface area contributed by atoms with Crippen molar-refractivity contribution >= 4 is 29.5 Å². The summed E-state index contributed by atoms with van der Waals surface area (Å²) in [6, 6.07) is 12.5. The van der Waals surface area contributed by atoms with Crippen LogP contribution in [0.15, 0.2) is 48.5 Å². The predicted molar refractivity (Wildman–Crippen MR) is 141 cm³/mol. The van der Waals surface area contributed by atoms with Gasteiger partial charge in [-0.15, -0.1) is 0 Å². The second-order valence-electron chi connectivity index (χ2n) is 10.6. The van der Waals surface area contributed by atoms with Gasteiger partial charge in [-0.1, -0.05) is 30.2 Å². The van der Waals surface area contributed by atoms with E-state index in [1.165, 1.54) is 29.2 Å². The Morgan fingerprint density at radius 3 is 2.08 bits per heavy atom. The van der Waals surface area contributed by atoms with Crippen molar-refractivity contribution in [2.24, 2.45) is 11.8 Å². The van der Waals surface area contributed by atoms with Gasteiger partial charge in [-0.25, -0.2) is 9.18 Å². The summed E-state index contributed by atoms with van der Waals surface area (Å²) in [5, 5.41) is 0.614. The monoisotopic (exact) mass is 541 g/mol. The molecule has 5 rings (SSSR count). The third-order valence-electron chi connectivity index (χ3n) is 8.31. The van der Waals surface area contributed by atoms with Crippen LogP contribution in [0.4, 0.5) is 9.18 Å². The molecule has 9 heteroatoms. The second kappa shape index (κ2) is 11.3. The highest BCUT2D eigenvalue weighted by atomic mass is 35.5. The Kier molecular flexibility index (Phi) is 7.88. The normalized spacial score (nSPS) is 22.2. The molecule has 2 heterocycles. The number of ether oxygens (including phenoxy) is 1. The Balaban J connectivity index is 1.27. The van der Waals surface area contributed by atoms with Crippen LogP contribution in [0.1, 0.15) is 43.6 Å². The number of hydrogen-bond acceptors (Lipinski definition) is 4. The number of likely N-dealkylation sites (tertiary alicyclic amines) is 2. The number of halogens is 2. The number of hydrogen-bond donors (Lipinski definition) is 0. The van der Waals surface area contributed by atoms with E-state index in [1.807, 2.05) is 34.1 Å². The van der Waals surface area contributed by atoms with E-state index in [1.54, 1.807) is 7.05 Å². The maximum absolute atomic E-state index is 13.6. The van der Waals surface area contributed by atoms with Crippen molar-refractivity contribution in [3.05, 3.63) is 64.9 Å². The summed E-state index contributed by atoms with van der Waals surface area (Å²) < 4.78 is 18.8. The van der Waals surface area contributed by atoms with E-state index < -0.39 is 11.9 Å². The summed E-state index contributed by atoms with van der Waals surface area (Å²) >= 11 is 6.11. The molecule has 2 unspecified atom stereocenters. The van der Waals surface area contributed by atoms with Crippen molar-refractivity contribution in [2.45, 2.75) is 44.1 Å². The molecule has 2 aromatic carbocycles. The number of carbonyl (C=O) groups is 3. The van der Waals surface area contributed by atoms with Crippen molar-refractivity contribution in [1.82, 2.24) is 14.7 Å². The Hall–Kier alpha value is -3.13. The molecule has 1 aliphatic carbocycles. The van der Waals surface area contributed by atoms with Crippen molar-refractivity contribution in [3.8, 4) is 5.75 Å². The van der Waals surface area contributed by atoms with Gasteiger partial charge in [-0.3, -0.25) is 9.59 Å². The smallest absolute Gasteiger partial charge is 0.410 e. The van der Waals surface area contributed by atoms with Crippen LogP contribution in [0.5, 0.6) is 5.75 Å². The number of likely N-dealkylation sites (N-methyl/N-ethyl adjacent to an activating group) is 1. The first kappa shape index (κ1) is 26.5. The highest BCUT2D eigenvalue weighted by Gasteiger charge is 2.43. The molecular formula is C29H33ClFN3O4. The molecule has 202 valence electrons. The first-order chi connectivity index (χ1) is 18.3. The lowest BCUT2D eigenvalue weighted by Gasteiger charge is -2.37. The van der Waals surface area contributed by atoms with Crippen LogP contribution in [0.3, 0.4) is 0 Å². The maximum Gasteiger partial charge on any atom is 0.415 e. The molecule has 0 N–H and O–H groups in total. The summed E-state index contributed by atoms with van der Waals surface area (Å²) in [6.45, 7) is 2.09. The van der Waals surface area contributed by atoms with E-state index >= 15 is 0 Å². The minimum Gasteiger partial charge on any atom is -0.410 e. The largest absolute Gasteiger partial charge is 0.415 e. The van der Waals surface area contributed by atoms with E-state index in [9.17, 15) is 18.8 Å². The number of amides is 3. The highest BCUT2D eigenvalue weighted by molar-refractivity contribution is 6.30. The fourth-order valence-corrected chi connectivity index (χ4v) is 5.85. The predicted octanol–water partition coefficient (Wildman–Crippen LogP) is 4.94. The topological polar surface area (TPSA) is 70.2 Å². The molecule has 3 fully saturated rings. The molecule has 3 amide bonds. The van der Waals surface area contributed by atoms with Crippen molar-refractivity contribution in [1.29, 1.82) is 0 Å². The first-order valence-corrected chi connectivity index (χ1v) is 13.7. The molecule has 2 saturated heterocycles. The Morgan fingerprint density at radius 2 is 1.47 bits per heavy atom. The van der Waals surface area contributed by atoms with Crippen molar-refractivity contribution in [2.75, 3.05) is 33.2 Å². The number of benzene rings is 2. The van der Waals surface area contributed by atoms with Crippen LogP contribution >= 0.6 is 11.6 Å². The molecule has 3 aliphatic rings. The van der Waals surface area contributed by atoms with Gasteiger partial charge >= 0.3 is 6.09 Å². The van der Waals surface area contributed by atoms with Gasteiger partial charge in [0.2, 0.25) is 11.8 Å². The Bertz CT molecular complexity index is 1160. The minimum atomic E-state index is -0.572. The molecule has 0 spiro atoms. The van der Waals surface area contributed by atoms with Crippen LogP contribution in [-0.2, 0) is 9.59 Å². The summed E-state index contributed by atoms with van der Waals surface area (Å²) in [7, 11) is 1.66. The van der Waals surface area contributed by atoms with Crippen LogP contribution in [0.25, 0.3) is 0 Å². The molecule has 2 aromatic rings. The second-order valence-corrected chi connectivity index (χ2v) is 11.1. The highest BCUT2D eigenvalue weighted by Crippen LogP contribution is 2.35. The number of carbonyl (C=O) groups excluding carboxylic acids is 3. The zero-order chi connectivity index (χ0) is 26.8. The molecule has 2 aliphatic heterocycles. The lowest BCUT2D eigenvalue weighted by atomic mass is 9.83. The standard InChI is InChI=1S/C29H33ClFN3O4/c1-32(29(37)38-24-11-9-23(31)10-12-24)26-18-34(17-25(26)19-5-7-22(30)8-6-19)28(36)21-13-15-33(16-14-21)27(35)20-3-2-4-20/h5-12,20-21,25-26H,2-4,13-18H2,1H3. The Morgan fingerprint density at radius 1 is 0.868 bits per heavy atom. The quantitative estimate of drug-likeness (QED) is 0.537. The van der Waals surface area contributed by atoms with E-state index in [0.717, 1.165) is 24.8 Å². The average molecular weight is 542 g/mol. The lowest BCUT2D eigenvalue weighted by molar-refractivity contribution is -0.143. The van der Waals surface area contributed by atoms with Gasteiger partial charge in [0.05, 0.1) is 6.04 Å². The summed E-state index contributed by atoms with van der Waals surface area (Å²) in [4.78, 5) is 44.5. The van der Waals surface area contributed by atoms with Crippen LogP contribution in [0, 0.1) is 17.7 Å². The van der Waals surface area contributed by atoms with E-state index in [4.69, 9.17) is 16.3 Å². The zero-order valence-electron chi connectivity index (χ0n) is 21.5. The number of nitrogens with zero attached hydrogens (tertiary/aromatic N) is 3. The molecular weight excluding hydrogens is 509 g/mol. The van der Waals surface area contributed by atoms with Crippen LogP contribution < -0.4 is 4.74 Å². The summed E-state index contributed by atoms with van der Waals surface area (Å²) in [5.74, 6) is 0.0651. The molecule has 0 aromatic heterocycles. The molecule has 1 saturated carbocycles. The molecule has 0 radical (unpaired) electrons. The summed E-state index contributed by atoms with van der Waals surface area (Å²) in [5.41, 5.74) is 0.983. The van der Waals surface area contributed by atoms with Gasteiger partial charge < -0.3 is 19.4 Å². The van der Waals surface area contributed by atoms with Gasteiger partial charge in [-0.05, 0) is 67.6 Å². The zero-order valence-corrected chi connectivity index (χ0v) is 22.3. The van der Waals surface area contributed by atoms with Crippen molar-refractivity contribution in [3.63, 3.8) is 0 Å². The molecule has 38 heavy (non-hydrogen) atoms. The molecule has 7 nitrogen and oxygen atoms in total. The maximum atomic E-state index is 13.6. The SMILES string of the molecule is CN(C(=O)Oc1ccc(F)cc1)C1CN(C(=O)C2CCN(C(=O)C3CCC3)CC2)CC1c1ccc(Cl)cc1. The van der Waals surface area contributed by atoms with Crippen LogP contribution in [0.2, 0.25) is 5.02 Å². The fourth-order valence-electron chi connectivity index (χ4n) is 5.73. The van der Waals surface area contributed by atoms with Crippen LogP contribution in [-0.4, -0.2) is 71.9 Å². The number of piperidine rings is 1. The van der Waals surface area contributed by atoms with Gasteiger partial charge in [-0.2, -0.15) is 0 Å². The fraction of sp³-hybridized carbons (Fsp3) is 0.483. The third-order valence-corrected chi connectivity index (χ3v) is 8.57. The average Bonchev–Trinajstić information content (AvgIpc) is 3.34.